The van der Waals surface area contributed by atoms with Gasteiger partial charge < -0.3 is 5.32 Å². The lowest BCUT2D eigenvalue weighted by Crippen LogP contribution is -2.30. The van der Waals surface area contributed by atoms with Crippen LogP contribution >= 0.6 is 0 Å². The number of rotatable bonds is 5. The topological polar surface area (TPSA) is 63.1 Å². The number of aromatic nitrogens is 3. The van der Waals surface area contributed by atoms with Crippen molar-refractivity contribution in [3.05, 3.63) is 42.4 Å². The number of carbonyl (C=O) groups excluding carboxylic acids is 1. The molecule has 1 saturated heterocycles. The highest BCUT2D eigenvalue weighted by atomic mass is 16.2. The van der Waals surface area contributed by atoms with Gasteiger partial charge in [-0.1, -0.05) is 18.6 Å². The van der Waals surface area contributed by atoms with Gasteiger partial charge in [0.25, 0.3) is 0 Å². The zero-order chi connectivity index (χ0) is 19.8. The van der Waals surface area contributed by atoms with E-state index in [9.17, 15) is 4.79 Å². The lowest BCUT2D eigenvalue weighted by Gasteiger charge is -2.26. The monoisotopic (exact) mass is 389 g/mol. The SMILES string of the molecule is Cn1ncc(-c2ccc3cnc(NC(=O)C4CC4)cc3c2)c1CN1CCCCC1. The summed E-state index contributed by atoms with van der Waals surface area (Å²) >= 11 is 0. The highest BCUT2D eigenvalue weighted by Gasteiger charge is 2.29. The molecule has 2 aromatic heterocycles. The van der Waals surface area contributed by atoms with E-state index in [0.29, 0.717) is 5.82 Å². The van der Waals surface area contributed by atoms with Gasteiger partial charge in [0.2, 0.25) is 5.91 Å². The molecule has 1 aliphatic heterocycles. The molecule has 29 heavy (non-hydrogen) atoms. The van der Waals surface area contributed by atoms with Crippen LogP contribution in [0.25, 0.3) is 21.9 Å². The lowest BCUT2D eigenvalue weighted by molar-refractivity contribution is -0.117. The number of benzene rings is 1. The fraction of sp³-hybridized carbons (Fsp3) is 0.435. The van der Waals surface area contributed by atoms with E-state index >= 15 is 0 Å². The maximum absolute atomic E-state index is 12.1. The Bertz CT molecular complexity index is 1050. The Kier molecular flexibility index (Phi) is 4.79. The number of nitrogens with one attached hydrogen (secondary N) is 1. The standard InChI is InChI=1S/C23H27N5O/c1-27-21(15-28-9-3-2-4-10-28)20(14-25-27)17-7-8-18-13-24-22(12-19(18)11-17)26-23(29)16-5-6-16/h7-8,11-14,16H,2-6,9-10,15H2,1H3,(H,24,26,29). The van der Waals surface area contributed by atoms with Crippen molar-refractivity contribution >= 4 is 22.5 Å². The summed E-state index contributed by atoms with van der Waals surface area (Å²) in [5, 5.41) is 9.64. The van der Waals surface area contributed by atoms with E-state index in [1.54, 1.807) is 0 Å². The molecular formula is C23H27N5O. The van der Waals surface area contributed by atoms with E-state index in [1.807, 2.05) is 30.2 Å². The minimum Gasteiger partial charge on any atom is -0.310 e. The van der Waals surface area contributed by atoms with Crippen molar-refractivity contribution < 1.29 is 4.79 Å². The molecule has 3 aromatic rings. The van der Waals surface area contributed by atoms with Crippen molar-refractivity contribution in [2.75, 3.05) is 18.4 Å². The Morgan fingerprint density at radius 2 is 1.93 bits per heavy atom. The van der Waals surface area contributed by atoms with Gasteiger partial charge in [0, 0.05) is 36.7 Å². The predicted octanol–water partition coefficient (Wildman–Crippen LogP) is 3.97. The second kappa shape index (κ2) is 7.59. The van der Waals surface area contributed by atoms with Crippen LogP contribution in [0.5, 0.6) is 0 Å². The van der Waals surface area contributed by atoms with Crippen LogP contribution in [-0.2, 0) is 18.4 Å². The summed E-state index contributed by atoms with van der Waals surface area (Å²) in [5.74, 6) is 0.891. The van der Waals surface area contributed by atoms with Crippen molar-refractivity contribution in [2.45, 2.75) is 38.6 Å². The minimum atomic E-state index is 0.0871. The number of pyridine rings is 1. The summed E-state index contributed by atoms with van der Waals surface area (Å²) < 4.78 is 2.00. The maximum atomic E-state index is 12.1. The molecule has 5 rings (SSSR count). The molecule has 2 fully saturated rings. The van der Waals surface area contributed by atoms with Gasteiger partial charge in [0.1, 0.15) is 5.82 Å². The van der Waals surface area contributed by atoms with Crippen LogP contribution in [0, 0.1) is 5.92 Å². The number of carbonyl (C=O) groups is 1. The highest BCUT2D eigenvalue weighted by Crippen LogP contribution is 2.31. The van der Waals surface area contributed by atoms with E-state index in [4.69, 9.17) is 0 Å². The number of hydrogen-bond donors (Lipinski definition) is 1. The third-order valence-corrected chi connectivity index (χ3v) is 6.12. The normalized spacial score (nSPS) is 17.6. The number of nitrogens with zero attached hydrogens (tertiary/aromatic N) is 4. The van der Waals surface area contributed by atoms with E-state index in [2.05, 4.69) is 38.5 Å². The molecule has 1 saturated carbocycles. The summed E-state index contributed by atoms with van der Waals surface area (Å²) in [6, 6.07) is 8.39. The summed E-state index contributed by atoms with van der Waals surface area (Å²) in [4.78, 5) is 19.0. The predicted molar refractivity (Wildman–Crippen MR) is 114 cm³/mol. The summed E-state index contributed by atoms with van der Waals surface area (Å²) in [6.07, 6.45) is 9.69. The highest BCUT2D eigenvalue weighted by molar-refractivity contribution is 5.96. The first-order valence-electron chi connectivity index (χ1n) is 10.6. The van der Waals surface area contributed by atoms with Crippen LogP contribution in [0.15, 0.2) is 36.7 Å². The van der Waals surface area contributed by atoms with Gasteiger partial charge >= 0.3 is 0 Å². The van der Waals surface area contributed by atoms with Crippen LogP contribution in [0.1, 0.15) is 37.8 Å². The third-order valence-electron chi connectivity index (χ3n) is 6.12. The minimum absolute atomic E-state index is 0.0871. The molecule has 0 bridgehead atoms. The first kappa shape index (κ1) is 18.3. The third kappa shape index (κ3) is 3.90. The summed E-state index contributed by atoms with van der Waals surface area (Å²) in [7, 11) is 2.03. The number of piperidine rings is 1. The van der Waals surface area contributed by atoms with E-state index in [1.165, 1.54) is 30.5 Å². The molecule has 3 heterocycles. The van der Waals surface area contributed by atoms with Gasteiger partial charge in [-0.25, -0.2) is 4.98 Å². The average molecular weight is 390 g/mol. The van der Waals surface area contributed by atoms with Crippen molar-refractivity contribution in [1.82, 2.24) is 19.7 Å². The zero-order valence-electron chi connectivity index (χ0n) is 16.9. The van der Waals surface area contributed by atoms with Crippen LogP contribution < -0.4 is 5.32 Å². The van der Waals surface area contributed by atoms with Crippen LogP contribution in [-0.4, -0.2) is 38.7 Å². The van der Waals surface area contributed by atoms with Gasteiger partial charge in [-0.15, -0.1) is 0 Å². The number of hydrogen-bond acceptors (Lipinski definition) is 4. The van der Waals surface area contributed by atoms with Crippen molar-refractivity contribution in [2.24, 2.45) is 13.0 Å². The van der Waals surface area contributed by atoms with Crippen LogP contribution in [0.4, 0.5) is 5.82 Å². The van der Waals surface area contributed by atoms with Gasteiger partial charge in [0.05, 0.1) is 11.9 Å². The first-order valence-corrected chi connectivity index (χ1v) is 10.6. The van der Waals surface area contributed by atoms with Crippen LogP contribution in [0.2, 0.25) is 0 Å². The lowest BCUT2D eigenvalue weighted by atomic mass is 10.0. The smallest absolute Gasteiger partial charge is 0.228 e. The number of anilines is 1. The molecule has 0 spiro atoms. The molecule has 0 unspecified atom stereocenters. The molecule has 1 N–H and O–H groups in total. The Morgan fingerprint density at radius 3 is 2.72 bits per heavy atom. The number of likely N-dealkylation sites (tertiary alicyclic amines) is 1. The molecule has 150 valence electrons. The second-order valence-corrected chi connectivity index (χ2v) is 8.36. The Balaban J connectivity index is 1.44. The van der Waals surface area contributed by atoms with Gasteiger partial charge in [0.15, 0.2) is 0 Å². The van der Waals surface area contributed by atoms with Crippen LogP contribution in [0.3, 0.4) is 0 Å². The Morgan fingerprint density at radius 1 is 1.10 bits per heavy atom. The molecule has 6 heteroatoms. The molecular weight excluding hydrogens is 362 g/mol. The van der Waals surface area contributed by atoms with Gasteiger partial charge in [-0.2, -0.15) is 5.10 Å². The van der Waals surface area contributed by atoms with E-state index in [-0.39, 0.29) is 11.8 Å². The molecule has 1 amide bonds. The number of fused-ring (bicyclic) bond motifs is 1. The van der Waals surface area contributed by atoms with Crippen molar-refractivity contribution in [1.29, 1.82) is 0 Å². The first-order chi connectivity index (χ1) is 14.2. The summed E-state index contributed by atoms with van der Waals surface area (Å²) in [5.41, 5.74) is 3.59. The fourth-order valence-corrected chi connectivity index (χ4v) is 4.17. The Hall–Kier alpha value is -2.73. The van der Waals surface area contributed by atoms with Crippen molar-refractivity contribution in [3.8, 4) is 11.1 Å². The van der Waals surface area contributed by atoms with Gasteiger partial charge in [-0.05, 0) is 61.9 Å². The largest absolute Gasteiger partial charge is 0.310 e. The molecule has 0 radical (unpaired) electrons. The Labute approximate surface area is 170 Å². The molecule has 0 atom stereocenters. The maximum Gasteiger partial charge on any atom is 0.228 e. The quantitative estimate of drug-likeness (QED) is 0.717. The van der Waals surface area contributed by atoms with E-state index < -0.39 is 0 Å². The van der Waals surface area contributed by atoms with Gasteiger partial charge in [-0.3, -0.25) is 14.4 Å². The second-order valence-electron chi connectivity index (χ2n) is 8.36. The zero-order valence-corrected chi connectivity index (χ0v) is 16.9. The fourth-order valence-electron chi connectivity index (χ4n) is 4.17. The van der Waals surface area contributed by atoms with Crippen molar-refractivity contribution in [3.63, 3.8) is 0 Å². The average Bonchev–Trinajstić information content (AvgIpc) is 3.53. The molecule has 1 aliphatic carbocycles. The number of aryl methyl sites for hydroxylation is 1. The van der Waals surface area contributed by atoms with E-state index in [0.717, 1.165) is 48.8 Å². The number of amides is 1. The molecule has 6 nitrogen and oxygen atoms in total. The molecule has 2 aliphatic rings. The molecule has 1 aromatic carbocycles. The summed E-state index contributed by atoms with van der Waals surface area (Å²) in [6.45, 7) is 3.26.